The third-order valence-electron chi connectivity index (χ3n) is 5.55. The van der Waals surface area contributed by atoms with E-state index in [1.165, 1.54) is 38.5 Å². The standard InChI is InChI=1S/C16H21ClN2/c17-14-2-1-3-18-15(14)19-10-16-7-11-4-12(8-16)6-13(5-11)9-16/h1-3,11-13H,4-10H2,(H,18,19). The molecule has 0 atom stereocenters. The third-order valence-corrected chi connectivity index (χ3v) is 5.86. The van der Waals surface area contributed by atoms with Crippen LogP contribution >= 0.6 is 11.6 Å². The molecule has 2 nitrogen and oxygen atoms in total. The number of halogens is 1. The first-order valence-corrected chi connectivity index (χ1v) is 7.95. The largest absolute Gasteiger partial charge is 0.368 e. The van der Waals surface area contributed by atoms with Crippen LogP contribution in [0.5, 0.6) is 0 Å². The van der Waals surface area contributed by atoms with Crippen molar-refractivity contribution in [2.75, 3.05) is 11.9 Å². The molecule has 1 heterocycles. The van der Waals surface area contributed by atoms with Crippen LogP contribution in [0.2, 0.25) is 5.02 Å². The van der Waals surface area contributed by atoms with E-state index in [1.54, 1.807) is 0 Å². The summed E-state index contributed by atoms with van der Waals surface area (Å²) >= 11 is 6.19. The lowest BCUT2D eigenvalue weighted by Crippen LogP contribution is -2.49. The van der Waals surface area contributed by atoms with Crippen molar-refractivity contribution in [3.05, 3.63) is 23.4 Å². The van der Waals surface area contributed by atoms with E-state index in [0.29, 0.717) is 5.41 Å². The van der Waals surface area contributed by atoms with Crippen molar-refractivity contribution in [1.29, 1.82) is 0 Å². The van der Waals surface area contributed by atoms with Gasteiger partial charge in [-0.3, -0.25) is 0 Å². The van der Waals surface area contributed by atoms with Gasteiger partial charge in [-0.05, 0) is 73.8 Å². The van der Waals surface area contributed by atoms with Gasteiger partial charge in [-0.15, -0.1) is 0 Å². The average molecular weight is 277 g/mol. The summed E-state index contributed by atoms with van der Waals surface area (Å²) in [6.45, 7) is 1.06. The first-order valence-electron chi connectivity index (χ1n) is 7.57. The van der Waals surface area contributed by atoms with Crippen molar-refractivity contribution >= 4 is 17.4 Å². The van der Waals surface area contributed by atoms with E-state index in [1.807, 2.05) is 18.3 Å². The topological polar surface area (TPSA) is 24.9 Å². The molecule has 3 heteroatoms. The minimum atomic E-state index is 0.537. The van der Waals surface area contributed by atoms with E-state index in [9.17, 15) is 0 Å². The summed E-state index contributed by atoms with van der Waals surface area (Å²) in [5.74, 6) is 3.88. The van der Waals surface area contributed by atoms with Gasteiger partial charge in [-0.1, -0.05) is 11.6 Å². The molecule has 1 aromatic heterocycles. The Balaban J connectivity index is 1.49. The first kappa shape index (κ1) is 12.0. The summed E-state index contributed by atoms with van der Waals surface area (Å²) in [6, 6.07) is 3.80. The fraction of sp³-hybridized carbons (Fsp3) is 0.688. The summed E-state index contributed by atoms with van der Waals surface area (Å²) < 4.78 is 0. The van der Waals surface area contributed by atoms with Crippen LogP contribution in [-0.4, -0.2) is 11.5 Å². The number of pyridine rings is 1. The molecular formula is C16H21ClN2. The molecule has 0 unspecified atom stereocenters. The normalized spacial score (nSPS) is 39.5. The lowest BCUT2D eigenvalue weighted by atomic mass is 9.49. The van der Waals surface area contributed by atoms with E-state index in [2.05, 4.69) is 10.3 Å². The summed E-state index contributed by atoms with van der Waals surface area (Å²) in [5, 5.41) is 4.27. The van der Waals surface area contributed by atoms with E-state index in [0.717, 1.165) is 35.1 Å². The molecule has 4 saturated carbocycles. The van der Waals surface area contributed by atoms with Crippen LogP contribution in [0.25, 0.3) is 0 Å². The molecule has 0 aromatic carbocycles. The SMILES string of the molecule is Clc1cccnc1NCC12CC3CC(CC(C3)C1)C2. The second-order valence-corrected chi connectivity index (χ2v) is 7.51. The smallest absolute Gasteiger partial charge is 0.144 e. The molecule has 19 heavy (non-hydrogen) atoms. The highest BCUT2D eigenvalue weighted by molar-refractivity contribution is 6.32. The molecule has 1 N–H and O–H groups in total. The number of hydrogen-bond acceptors (Lipinski definition) is 2. The number of nitrogens with zero attached hydrogens (tertiary/aromatic N) is 1. The van der Waals surface area contributed by atoms with Crippen LogP contribution in [-0.2, 0) is 0 Å². The first-order chi connectivity index (χ1) is 9.22. The maximum Gasteiger partial charge on any atom is 0.144 e. The van der Waals surface area contributed by atoms with Gasteiger partial charge in [0.2, 0.25) is 0 Å². The van der Waals surface area contributed by atoms with E-state index < -0.39 is 0 Å². The van der Waals surface area contributed by atoms with Gasteiger partial charge in [-0.25, -0.2) is 4.98 Å². The van der Waals surface area contributed by atoms with E-state index in [4.69, 9.17) is 11.6 Å². The Labute approximate surface area is 120 Å². The zero-order valence-corrected chi connectivity index (χ0v) is 12.0. The van der Waals surface area contributed by atoms with Gasteiger partial charge < -0.3 is 5.32 Å². The molecule has 4 bridgehead atoms. The Morgan fingerprint density at radius 1 is 1.16 bits per heavy atom. The van der Waals surface area contributed by atoms with Gasteiger partial charge in [0.1, 0.15) is 5.82 Å². The number of anilines is 1. The van der Waals surface area contributed by atoms with Gasteiger partial charge in [0.15, 0.2) is 0 Å². The molecule has 4 aliphatic carbocycles. The van der Waals surface area contributed by atoms with Crippen LogP contribution in [0, 0.1) is 23.2 Å². The van der Waals surface area contributed by atoms with Gasteiger partial charge in [0.05, 0.1) is 5.02 Å². The average Bonchev–Trinajstić information content (AvgIpc) is 2.36. The highest BCUT2D eigenvalue weighted by Gasteiger charge is 2.50. The monoisotopic (exact) mass is 276 g/mol. The number of rotatable bonds is 3. The lowest BCUT2D eigenvalue weighted by molar-refractivity contribution is -0.0444. The Bertz CT molecular complexity index is 450. The summed E-state index contributed by atoms with van der Waals surface area (Å²) in [4.78, 5) is 4.35. The Hall–Kier alpha value is -0.760. The molecular weight excluding hydrogens is 256 g/mol. The fourth-order valence-electron chi connectivity index (χ4n) is 5.29. The zero-order valence-electron chi connectivity index (χ0n) is 11.2. The van der Waals surface area contributed by atoms with E-state index >= 15 is 0 Å². The molecule has 0 aliphatic heterocycles. The molecule has 4 aliphatic rings. The third kappa shape index (κ3) is 2.14. The van der Waals surface area contributed by atoms with Gasteiger partial charge in [-0.2, -0.15) is 0 Å². The highest BCUT2D eigenvalue weighted by atomic mass is 35.5. The van der Waals surface area contributed by atoms with Crippen LogP contribution in [0.4, 0.5) is 5.82 Å². The van der Waals surface area contributed by atoms with Gasteiger partial charge >= 0.3 is 0 Å². The van der Waals surface area contributed by atoms with Crippen molar-refractivity contribution in [1.82, 2.24) is 4.98 Å². The lowest BCUT2D eigenvalue weighted by Gasteiger charge is -2.57. The van der Waals surface area contributed by atoms with Crippen molar-refractivity contribution in [3.63, 3.8) is 0 Å². The maximum absolute atomic E-state index is 6.19. The Kier molecular flexibility index (Phi) is 2.77. The maximum atomic E-state index is 6.19. The molecule has 102 valence electrons. The predicted molar refractivity (Wildman–Crippen MR) is 78.3 cm³/mol. The van der Waals surface area contributed by atoms with Crippen LogP contribution in [0.3, 0.4) is 0 Å². The second-order valence-electron chi connectivity index (χ2n) is 7.10. The summed E-state index contributed by atoms with van der Waals surface area (Å²) in [5.41, 5.74) is 0.537. The van der Waals surface area contributed by atoms with Crippen molar-refractivity contribution in [2.24, 2.45) is 23.2 Å². The minimum Gasteiger partial charge on any atom is -0.368 e. The van der Waals surface area contributed by atoms with Crippen molar-refractivity contribution in [3.8, 4) is 0 Å². The molecule has 0 amide bonds. The van der Waals surface area contributed by atoms with Crippen molar-refractivity contribution in [2.45, 2.75) is 38.5 Å². The van der Waals surface area contributed by atoms with Gasteiger partial charge in [0.25, 0.3) is 0 Å². The molecule has 1 aromatic rings. The minimum absolute atomic E-state index is 0.537. The number of aromatic nitrogens is 1. The summed E-state index contributed by atoms with van der Waals surface area (Å²) in [6.07, 6.45) is 10.6. The van der Waals surface area contributed by atoms with Crippen molar-refractivity contribution < 1.29 is 0 Å². The number of hydrogen-bond donors (Lipinski definition) is 1. The van der Waals surface area contributed by atoms with Crippen LogP contribution in [0.1, 0.15) is 38.5 Å². The quantitative estimate of drug-likeness (QED) is 0.887. The zero-order chi connectivity index (χ0) is 12.9. The van der Waals surface area contributed by atoms with Crippen LogP contribution < -0.4 is 5.32 Å². The Morgan fingerprint density at radius 3 is 2.37 bits per heavy atom. The van der Waals surface area contributed by atoms with Crippen LogP contribution in [0.15, 0.2) is 18.3 Å². The molecule has 0 saturated heterocycles. The second kappa shape index (κ2) is 4.37. The molecule has 0 radical (unpaired) electrons. The Morgan fingerprint density at radius 2 is 1.79 bits per heavy atom. The highest BCUT2D eigenvalue weighted by Crippen LogP contribution is 2.59. The number of nitrogens with one attached hydrogen (secondary N) is 1. The molecule has 5 rings (SSSR count). The molecule has 4 fully saturated rings. The van der Waals surface area contributed by atoms with Gasteiger partial charge in [0, 0.05) is 12.7 Å². The predicted octanol–water partition coefficient (Wildman–Crippen LogP) is 4.36. The fourth-order valence-corrected chi connectivity index (χ4v) is 5.48. The molecule has 0 spiro atoms. The summed E-state index contributed by atoms with van der Waals surface area (Å²) in [7, 11) is 0. The van der Waals surface area contributed by atoms with E-state index in [-0.39, 0.29) is 0 Å².